The Balaban J connectivity index is 1.89. The van der Waals surface area contributed by atoms with Crippen molar-refractivity contribution in [2.24, 2.45) is 0 Å². The van der Waals surface area contributed by atoms with E-state index in [-0.39, 0.29) is 11.3 Å². The summed E-state index contributed by atoms with van der Waals surface area (Å²) in [5.74, 6) is 0.751. The molecule has 0 aliphatic carbocycles. The van der Waals surface area contributed by atoms with E-state index in [4.69, 9.17) is 4.74 Å². The first kappa shape index (κ1) is 11.9. The second kappa shape index (κ2) is 5.67. The number of rotatable bonds is 5. The van der Waals surface area contributed by atoms with E-state index < -0.39 is 0 Å². The van der Waals surface area contributed by atoms with E-state index >= 15 is 0 Å². The van der Waals surface area contributed by atoms with E-state index in [1.165, 1.54) is 26.3 Å². The molecule has 1 atom stereocenters. The highest BCUT2D eigenvalue weighted by atomic mass is 16.5. The molecule has 1 aliphatic heterocycles. The second-order valence-corrected chi connectivity index (χ2v) is 4.12. The van der Waals surface area contributed by atoms with E-state index in [0.717, 1.165) is 19.5 Å². The van der Waals surface area contributed by atoms with Gasteiger partial charge in [0.05, 0.1) is 13.4 Å². The molecule has 94 valence electrons. The standard InChI is InChI=1S/C11H18N4O2/c1-17-9-10(14-7-15-11(9)16)13-6-4-8-3-2-5-12-8/h7-8,12H,2-6H2,1H3,(H2,13,14,15,16). The van der Waals surface area contributed by atoms with Crippen molar-refractivity contribution in [2.45, 2.75) is 25.3 Å². The molecule has 1 fully saturated rings. The van der Waals surface area contributed by atoms with Crippen LogP contribution in [0.3, 0.4) is 0 Å². The van der Waals surface area contributed by atoms with Crippen LogP contribution >= 0.6 is 0 Å². The largest absolute Gasteiger partial charge is 0.489 e. The van der Waals surface area contributed by atoms with Crippen LogP contribution in [0.25, 0.3) is 0 Å². The Bertz CT molecular complexity index is 412. The molecular weight excluding hydrogens is 220 g/mol. The SMILES string of the molecule is COc1c(NCCC2CCCN2)nc[nH]c1=O. The molecule has 2 rings (SSSR count). The van der Waals surface area contributed by atoms with Crippen molar-refractivity contribution in [1.29, 1.82) is 0 Å². The van der Waals surface area contributed by atoms with Crippen molar-refractivity contribution in [1.82, 2.24) is 15.3 Å². The maximum Gasteiger partial charge on any atom is 0.295 e. The van der Waals surface area contributed by atoms with Gasteiger partial charge >= 0.3 is 0 Å². The number of nitrogens with one attached hydrogen (secondary N) is 3. The lowest BCUT2D eigenvalue weighted by Gasteiger charge is -2.12. The fraction of sp³-hybridized carbons (Fsp3) is 0.636. The molecule has 1 saturated heterocycles. The Morgan fingerprint density at radius 2 is 2.53 bits per heavy atom. The molecule has 1 aromatic rings. The van der Waals surface area contributed by atoms with Crippen LogP contribution in [-0.4, -0.2) is 36.2 Å². The minimum absolute atomic E-state index is 0.242. The van der Waals surface area contributed by atoms with E-state index in [0.29, 0.717) is 11.9 Å². The molecule has 3 N–H and O–H groups in total. The van der Waals surface area contributed by atoms with Crippen LogP contribution in [0.5, 0.6) is 5.75 Å². The molecular formula is C11H18N4O2. The Kier molecular flexibility index (Phi) is 3.98. The molecule has 0 amide bonds. The minimum atomic E-state index is -0.260. The quantitative estimate of drug-likeness (QED) is 0.689. The summed E-state index contributed by atoms with van der Waals surface area (Å²) in [5, 5.41) is 6.56. The van der Waals surface area contributed by atoms with Crippen LogP contribution < -0.4 is 20.9 Å². The number of ether oxygens (including phenoxy) is 1. The van der Waals surface area contributed by atoms with E-state index in [2.05, 4.69) is 20.6 Å². The summed E-state index contributed by atoms with van der Waals surface area (Å²) in [6.07, 6.45) is 4.87. The maximum absolute atomic E-state index is 11.4. The molecule has 6 heteroatoms. The predicted molar refractivity (Wildman–Crippen MR) is 65.5 cm³/mol. The average molecular weight is 238 g/mol. The zero-order valence-electron chi connectivity index (χ0n) is 9.95. The zero-order chi connectivity index (χ0) is 12.1. The Morgan fingerprint density at radius 1 is 1.65 bits per heavy atom. The Hall–Kier alpha value is -1.56. The molecule has 0 aromatic carbocycles. The second-order valence-electron chi connectivity index (χ2n) is 4.12. The molecule has 1 unspecified atom stereocenters. The van der Waals surface area contributed by atoms with Gasteiger partial charge in [-0.25, -0.2) is 4.98 Å². The monoisotopic (exact) mass is 238 g/mol. The van der Waals surface area contributed by atoms with Crippen molar-refractivity contribution in [3.05, 3.63) is 16.7 Å². The number of aromatic nitrogens is 2. The van der Waals surface area contributed by atoms with Gasteiger partial charge < -0.3 is 20.4 Å². The zero-order valence-corrected chi connectivity index (χ0v) is 9.95. The Morgan fingerprint density at radius 3 is 3.24 bits per heavy atom. The molecule has 1 aliphatic rings. The van der Waals surface area contributed by atoms with Crippen LogP contribution in [0, 0.1) is 0 Å². The molecule has 6 nitrogen and oxygen atoms in total. The van der Waals surface area contributed by atoms with Crippen LogP contribution in [0.15, 0.2) is 11.1 Å². The summed E-state index contributed by atoms with van der Waals surface area (Å²) >= 11 is 0. The lowest BCUT2D eigenvalue weighted by Crippen LogP contribution is -2.24. The summed E-state index contributed by atoms with van der Waals surface area (Å²) < 4.78 is 5.01. The van der Waals surface area contributed by atoms with Crippen molar-refractivity contribution < 1.29 is 4.74 Å². The van der Waals surface area contributed by atoms with Gasteiger partial charge in [0.1, 0.15) is 0 Å². The van der Waals surface area contributed by atoms with Gasteiger partial charge in [0, 0.05) is 12.6 Å². The number of aromatic amines is 1. The van der Waals surface area contributed by atoms with Crippen LogP contribution in [0.1, 0.15) is 19.3 Å². The molecule has 0 bridgehead atoms. The average Bonchev–Trinajstić information content (AvgIpc) is 2.82. The third kappa shape index (κ3) is 2.97. The van der Waals surface area contributed by atoms with Crippen molar-refractivity contribution in [3.8, 4) is 5.75 Å². The highest BCUT2D eigenvalue weighted by Gasteiger charge is 2.14. The molecule has 0 saturated carbocycles. The van der Waals surface area contributed by atoms with E-state index in [1.807, 2.05) is 0 Å². The fourth-order valence-electron chi connectivity index (χ4n) is 2.07. The summed E-state index contributed by atoms with van der Waals surface area (Å²) in [6.45, 7) is 1.89. The Labute approximate surface area is 99.8 Å². The van der Waals surface area contributed by atoms with Gasteiger partial charge in [-0.1, -0.05) is 0 Å². The smallest absolute Gasteiger partial charge is 0.295 e. The highest BCUT2D eigenvalue weighted by molar-refractivity contribution is 5.47. The number of hydrogen-bond donors (Lipinski definition) is 3. The van der Waals surface area contributed by atoms with E-state index in [1.54, 1.807) is 0 Å². The first-order valence-corrected chi connectivity index (χ1v) is 5.90. The number of H-pyrrole nitrogens is 1. The number of methoxy groups -OCH3 is 1. The summed E-state index contributed by atoms with van der Waals surface area (Å²) in [7, 11) is 1.47. The summed E-state index contributed by atoms with van der Waals surface area (Å²) in [5.41, 5.74) is -0.260. The lowest BCUT2D eigenvalue weighted by molar-refractivity contribution is 0.408. The number of anilines is 1. The molecule has 0 radical (unpaired) electrons. The van der Waals surface area contributed by atoms with Gasteiger partial charge in [0.25, 0.3) is 5.56 Å². The molecule has 17 heavy (non-hydrogen) atoms. The lowest BCUT2D eigenvalue weighted by atomic mass is 10.1. The van der Waals surface area contributed by atoms with Crippen LogP contribution in [0.4, 0.5) is 5.82 Å². The molecule has 0 spiro atoms. The van der Waals surface area contributed by atoms with E-state index in [9.17, 15) is 4.79 Å². The van der Waals surface area contributed by atoms with Gasteiger partial charge in [-0.15, -0.1) is 0 Å². The van der Waals surface area contributed by atoms with Gasteiger partial charge in [-0.2, -0.15) is 0 Å². The molecule has 1 aromatic heterocycles. The predicted octanol–water partition coefficient (Wildman–Crippen LogP) is 0.332. The first-order chi connectivity index (χ1) is 8.31. The van der Waals surface area contributed by atoms with Crippen molar-refractivity contribution in [2.75, 3.05) is 25.5 Å². The molecule has 2 heterocycles. The highest BCUT2D eigenvalue weighted by Crippen LogP contribution is 2.15. The third-order valence-corrected chi connectivity index (χ3v) is 2.96. The van der Waals surface area contributed by atoms with Gasteiger partial charge in [0.2, 0.25) is 5.75 Å². The van der Waals surface area contributed by atoms with Gasteiger partial charge in [-0.3, -0.25) is 4.79 Å². The normalized spacial score (nSPS) is 19.2. The minimum Gasteiger partial charge on any atom is -0.489 e. The van der Waals surface area contributed by atoms with Crippen molar-refractivity contribution >= 4 is 5.82 Å². The maximum atomic E-state index is 11.4. The third-order valence-electron chi connectivity index (χ3n) is 2.96. The summed E-state index contributed by atoms with van der Waals surface area (Å²) in [4.78, 5) is 18.0. The van der Waals surface area contributed by atoms with Crippen molar-refractivity contribution in [3.63, 3.8) is 0 Å². The van der Waals surface area contributed by atoms with Gasteiger partial charge in [-0.05, 0) is 25.8 Å². The first-order valence-electron chi connectivity index (χ1n) is 5.90. The van der Waals surface area contributed by atoms with Crippen LogP contribution in [0.2, 0.25) is 0 Å². The number of nitrogens with zero attached hydrogens (tertiary/aromatic N) is 1. The fourth-order valence-corrected chi connectivity index (χ4v) is 2.07. The number of hydrogen-bond acceptors (Lipinski definition) is 5. The van der Waals surface area contributed by atoms with Crippen LogP contribution in [-0.2, 0) is 0 Å². The topological polar surface area (TPSA) is 79.0 Å². The van der Waals surface area contributed by atoms with Gasteiger partial charge in [0.15, 0.2) is 5.82 Å². The summed E-state index contributed by atoms with van der Waals surface area (Å²) in [6, 6.07) is 0.579.